The van der Waals surface area contributed by atoms with Gasteiger partial charge in [-0.2, -0.15) is 0 Å². The minimum Gasteiger partial charge on any atom is -0.351 e. The van der Waals surface area contributed by atoms with Crippen LogP contribution in [-0.2, 0) is 9.59 Å². The lowest BCUT2D eigenvalue weighted by molar-refractivity contribution is -0.120. The van der Waals surface area contributed by atoms with Gasteiger partial charge in [0.1, 0.15) is 5.70 Å². The molecule has 0 radical (unpaired) electrons. The molecule has 1 aliphatic heterocycles. The number of rotatable bonds is 3. The van der Waals surface area contributed by atoms with Crippen molar-refractivity contribution in [3.8, 4) is 0 Å². The Hall–Kier alpha value is -2.59. The standard InChI is InChI=1S/C16H11ClN2O2/c17-12-8-4-5-9-14(12)19-15(20)10-13(16(19)21)18-11-6-2-1-3-7-11/h1-10,18H. The summed E-state index contributed by atoms with van der Waals surface area (Å²) in [5.41, 5.74) is 1.35. The molecule has 0 bridgehead atoms. The van der Waals surface area contributed by atoms with Gasteiger partial charge in [0.15, 0.2) is 0 Å². The molecule has 3 rings (SSSR count). The Morgan fingerprint density at radius 1 is 0.905 bits per heavy atom. The Kier molecular flexibility index (Phi) is 3.46. The van der Waals surface area contributed by atoms with E-state index in [0.717, 1.165) is 10.6 Å². The zero-order valence-electron chi connectivity index (χ0n) is 10.9. The molecule has 0 saturated heterocycles. The first-order chi connectivity index (χ1) is 10.2. The third-order valence-electron chi connectivity index (χ3n) is 3.07. The van der Waals surface area contributed by atoms with Crippen molar-refractivity contribution in [1.82, 2.24) is 0 Å². The van der Waals surface area contributed by atoms with E-state index in [9.17, 15) is 9.59 Å². The summed E-state index contributed by atoms with van der Waals surface area (Å²) in [5, 5.41) is 3.30. The lowest BCUT2D eigenvalue weighted by atomic mass is 10.3. The number of amides is 2. The van der Waals surface area contributed by atoms with Gasteiger partial charge < -0.3 is 5.32 Å². The molecule has 1 aliphatic rings. The van der Waals surface area contributed by atoms with Crippen molar-refractivity contribution in [2.45, 2.75) is 0 Å². The number of nitrogens with one attached hydrogen (secondary N) is 1. The molecule has 2 aromatic carbocycles. The first kappa shape index (κ1) is 13.4. The summed E-state index contributed by atoms with van der Waals surface area (Å²) in [6, 6.07) is 15.9. The van der Waals surface area contributed by atoms with Gasteiger partial charge in [-0.05, 0) is 24.3 Å². The van der Waals surface area contributed by atoms with Crippen LogP contribution in [0.5, 0.6) is 0 Å². The highest BCUT2D eigenvalue weighted by atomic mass is 35.5. The van der Waals surface area contributed by atoms with E-state index in [1.807, 2.05) is 30.3 Å². The number of anilines is 2. The summed E-state index contributed by atoms with van der Waals surface area (Å²) in [4.78, 5) is 25.5. The zero-order valence-corrected chi connectivity index (χ0v) is 11.7. The first-order valence-corrected chi connectivity index (χ1v) is 6.71. The molecule has 0 fully saturated rings. The van der Waals surface area contributed by atoms with Gasteiger partial charge in [-0.1, -0.05) is 41.9 Å². The van der Waals surface area contributed by atoms with Crippen LogP contribution in [0.1, 0.15) is 0 Å². The van der Waals surface area contributed by atoms with Gasteiger partial charge in [0, 0.05) is 11.8 Å². The van der Waals surface area contributed by atoms with Crippen molar-refractivity contribution >= 4 is 34.8 Å². The highest BCUT2D eigenvalue weighted by Crippen LogP contribution is 2.29. The first-order valence-electron chi connectivity index (χ1n) is 6.33. The molecule has 0 aliphatic carbocycles. The van der Waals surface area contributed by atoms with Gasteiger partial charge in [-0.15, -0.1) is 0 Å². The van der Waals surface area contributed by atoms with Crippen LogP contribution >= 0.6 is 11.6 Å². The fourth-order valence-corrected chi connectivity index (χ4v) is 2.32. The second-order valence-electron chi connectivity index (χ2n) is 4.48. The van der Waals surface area contributed by atoms with E-state index in [0.29, 0.717) is 10.7 Å². The van der Waals surface area contributed by atoms with E-state index in [4.69, 9.17) is 11.6 Å². The SMILES string of the molecule is O=C1C=C(Nc2ccccc2)C(=O)N1c1ccccc1Cl. The molecule has 0 aromatic heterocycles. The van der Waals surface area contributed by atoms with Gasteiger partial charge in [0.05, 0.1) is 10.7 Å². The number of benzene rings is 2. The molecule has 0 atom stereocenters. The fourth-order valence-electron chi connectivity index (χ4n) is 2.10. The molecule has 2 amide bonds. The van der Waals surface area contributed by atoms with Crippen molar-refractivity contribution < 1.29 is 9.59 Å². The lowest BCUT2D eigenvalue weighted by Crippen LogP contribution is -2.32. The van der Waals surface area contributed by atoms with E-state index < -0.39 is 11.8 Å². The van der Waals surface area contributed by atoms with Crippen molar-refractivity contribution in [2.24, 2.45) is 0 Å². The van der Waals surface area contributed by atoms with Crippen LogP contribution in [0, 0.1) is 0 Å². The van der Waals surface area contributed by atoms with Crippen LogP contribution in [0.25, 0.3) is 0 Å². The number of halogens is 1. The van der Waals surface area contributed by atoms with Gasteiger partial charge in [-0.3, -0.25) is 9.59 Å². The Bertz CT molecular complexity index is 741. The summed E-state index contributed by atoms with van der Waals surface area (Å²) in [5.74, 6) is -0.830. The largest absolute Gasteiger partial charge is 0.351 e. The van der Waals surface area contributed by atoms with Crippen molar-refractivity contribution in [3.63, 3.8) is 0 Å². The Morgan fingerprint density at radius 3 is 2.29 bits per heavy atom. The predicted octanol–water partition coefficient (Wildman–Crippen LogP) is 3.21. The molecule has 104 valence electrons. The van der Waals surface area contributed by atoms with Crippen LogP contribution in [0.2, 0.25) is 5.02 Å². The van der Waals surface area contributed by atoms with E-state index >= 15 is 0 Å². The van der Waals surface area contributed by atoms with Crippen LogP contribution in [0.4, 0.5) is 11.4 Å². The smallest absolute Gasteiger partial charge is 0.281 e. The lowest BCUT2D eigenvalue weighted by Gasteiger charge is -2.16. The Balaban J connectivity index is 1.88. The van der Waals surface area contributed by atoms with Crippen molar-refractivity contribution in [1.29, 1.82) is 0 Å². The monoisotopic (exact) mass is 298 g/mol. The molecule has 1 heterocycles. The highest BCUT2D eigenvalue weighted by Gasteiger charge is 2.33. The second-order valence-corrected chi connectivity index (χ2v) is 4.89. The maximum atomic E-state index is 12.4. The molecule has 1 N–H and O–H groups in total. The quantitative estimate of drug-likeness (QED) is 0.885. The molecular formula is C16H11ClN2O2. The highest BCUT2D eigenvalue weighted by molar-refractivity contribution is 6.38. The minimum absolute atomic E-state index is 0.228. The molecule has 5 heteroatoms. The summed E-state index contributed by atoms with van der Waals surface area (Å²) in [6.07, 6.45) is 1.28. The van der Waals surface area contributed by atoms with Crippen molar-refractivity contribution in [2.75, 3.05) is 10.2 Å². The maximum Gasteiger partial charge on any atom is 0.281 e. The fraction of sp³-hybridized carbons (Fsp3) is 0. The summed E-state index contributed by atoms with van der Waals surface area (Å²) in [7, 11) is 0. The number of nitrogens with zero attached hydrogens (tertiary/aromatic N) is 1. The molecule has 0 spiro atoms. The van der Waals surface area contributed by atoms with Crippen LogP contribution in [0.3, 0.4) is 0 Å². The van der Waals surface area contributed by atoms with E-state index in [1.165, 1.54) is 6.08 Å². The molecule has 0 saturated carbocycles. The summed E-state index contributed by atoms with van der Waals surface area (Å²) < 4.78 is 0. The third kappa shape index (κ3) is 2.53. The average molecular weight is 299 g/mol. The Morgan fingerprint density at radius 2 is 1.57 bits per heavy atom. The van der Waals surface area contributed by atoms with Gasteiger partial charge in [0.2, 0.25) is 0 Å². The van der Waals surface area contributed by atoms with Crippen LogP contribution < -0.4 is 10.2 Å². The van der Waals surface area contributed by atoms with Gasteiger partial charge in [-0.25, -0.2) is 4.90 Å². The molecule has 21 heavy (non-hydrogen) atoms. The number of hydrogen-bond acceptors (Lipinski definition) is 3. The molecule has 2 aromatic rings. The number of hydrogen-bond donors (Lipinski definition) is 1. The number of carbonyl (C=O) groups excluding carboxylic acids is 2. The number of imide groups is 1. The Labute approximate surface area is 126 Å². The molecule has 0 unspecified atom stereocenters. The molecular weight excluding hydrogens is 288 g/mol. The van der Waals surface area contributed by atoms with E-state index in [1.54, 1.807) is 24.3 Å². The maximum absolute atomic E-state index is 12.4. The summed E-state index contributed by atoms with van der Waals surface area (Å²) in [6.45, 7) is 0. The third-order valence-corrected chi connectivity index (χ3v) is 3.39. The van der Waals surface area contributed by atoms with E-state index in [-0.39, 0.29) is 5.70 Å². The van der Waals surface area contributed by atoms with Crippen LogP contribution in [0.15, 0.2) is 66.4 Å². The number of carbonyl (C=O) groups is 2. The molecule has 4 nitrogen and oxygen atoms in total. The topological polar surface area (TPSA) is 49.4 Å². The van der Waals surface area contributed by atoms with Crippen LogP contribution in [-0.4, -0.2) is 11.8 Å². The second kappa shape index (κ2) is 5.42. The van der Waals surface area contributed by atoms with Gasteiger partial charge in [0.25, 0.3) is 11.8 Å². The van der Waals surface area contributed by atoms with Gasteiger partial charge >= 0.3 is 0 Å². The van der Waals surface area contributed by atoms with Crippen molar-refractivity contribution in [3.05, 3.63) is 71.4 Å². The minimum atomic E-state index is -0.419. The predicted molar refractivity (Wildman–Crippen MR) is 82.1 cm³/mol. The summed E-state index contributed by atoms with van der Waals surface area (Å²) >= 11 is 6.05. The van der Waals surface area contributed by atoms with E-state index in [2.05, 4.69) is 5.32 Å². The zero-order chi connectivity index (χ0) is 14.8. The average Bonchev–Trinajstić information content (AvgIpc) is 2.76. The normalized spacial score (nSPS) is 14.3. The number of para-hydroxylation sites is 2.